The number of aromatic nitrogens is 3. The van der Waals surface area contributed by atoms with Gasteiger partial charge < -0.3 is 14.4 Å². The molecule has 2 heterocycles. The molecule has 6 nitrogen and oxygen atoms in total. The van der Waals surface area contributed by atoms with Crippen LogP contribution in [0.2, 0.25) is 0 Å². The maximum absolute atomic E-state index is 12.9. The van der Waals surface area contributed by atoms with Crippen molar-refractivity contribution in [2.45, 2.75) is 31.1 Å². The lowest BCUT2D eigenvalue weighted by Gasteiger charge is -2.40. The van der Waals surface area contributed by atoms with E-state index in [9.17, 15) is 4.79 Å². The first-order chi connectivity index (χ1) is 12.1. The van der Waals surface area contributed by atoms with E-state index < -0.39 is 0 Å². The number of likely N-dealkylation sites (N-methyl/N-ethyl adjacent to an activating group) is 1. The molecule has 2 aromatic rings. The van der Waals surface area contributed by atoms with Gasteiger partial charge in [0, 0.05) is 25.7 Å². The van der Waals surface area contributed by atoms with Gasteiger partial charge in [-0.1, -0.05) is 42.1 Å². The topological polar surface area (TPSA) is 54.3 Å². The van der Waals surface area contributed by atoms with Crippen molar-refractivity contribution in [3.63, 3.8) is 0 Å². The number of hydrogen-bond donors (Lipinski definition) is 0. The molecule has 0 N–H and O–H groups in total. The molecule has 1 saturated heterocycles. The summed E-state index contributed by atoms with van der Waals surface area (Å²) >= 11 is 1.47. The summed E-state index contributed by atoms with van der Waals surface area (Å²) in [6, 6.07) is 10.7. The molecule has 0 radical (unpaired) electrons. The van der Waals surface area contributed by atoms with E-state index in [0.29, 0.717) is 5.75 Å². The molecular weight excluding hydrogens is 334 g/mol. The molecule has 0 saturated carbocycles. The number of piperazine rings is 1. The zero-order chi connectivity index (χ0) is 17.8. The lowest BCUT2D eigenvalue weighted by Crippen LogP contribution is -2.49. The van der Waals surface area contributed by atoms with Crippen LogP contribution in [-0.2, 0) is 4.79 Å². The van der Waals surface area contributed by atoms with Crippen LogP contribution in [-0.4, -0.2) is 62.9 Å². The summed E-state index contributed by atoms with van der Waals surface area (Å²) < 4.78 is 2.00. The smallest absolute Gasteiger partial charge is 0.233 e. The van der Waals surface area contributed by atoms with Crippen molar-refractivity contribution in [2.24, 2.45) is 0 Å². The van der Waals surface area contributed by atoms with Crippen LogP contribution in [0.4, 0.5) is 0 Å². The van der Waals surface area contributed by atoms with E-state index in [4.69, 9.17) is 0 Å². The minimum Gasteiger partial charge on any atom is -0.332 e. The second-order valence-electron chi connectivity index (χ2n) is 6.68. The van der Waals surface area contributed by atoms with E-state index >= 15 is 0 Å². The number of benzene rings is 1. The van der Waals surface area contributed by atoms with Crippen molar-refractivity contribution in [3.05, 3.63) is 42.2 Å². The summed E-state index contributed by atoms with van der Waals surface area (Å²) in [4.78, 5) is 17.2. The average Bonchev–Trinajstić information content (AvgIpc) is 3.09. The van der Waals surface area contributed by atoms with Gasteiger partial charge in [0.1, 0.15) is 6.33 Å². The minimum atomic E-state index is 0.107. The van der Waals surface area contributed by atoms with Crippen molar-refractivity contribution in [2.75, 3.05) is 32.4 Å². The van der Waals surface area contributed by atoms with Crippen molar-refractivity contribution < 1.29 is 4.79 Å². The molecule has 1 atom stereocenters. The number of carbonyl (C=O) groups is 1. The Bertz CT molecular complexity index is 703. The first kappa shape index (κ1) is 17.9. The number of rotatable bonds is 5. The largest absolute Gasteiger partial charge is 0.332 e. The summed E-state index contributed by atoms with van der Waals surface area (Å²) in [6.45, 7) is 6.69. The molecule has 1 aliphatic rings. The van der Waals surface area contributed by atoms with Crippen molar-refractivity contribution in [3.8, 4) is 0 Å². The molecule has 0 spiro atoms. The van der Waals surface area contributed by atoms with Crippen LogP contribution >= 0.6 is 11.8 Å². The Labute approximate surface area is 153 Å². The second kappa shape index (κ2) is 8.01. The number of carbonyl (C=O) groups excluding carboxylic acids is 1. The van der Waals surface area contributed by atoms with Gasteiger partial charge in [-0.05, 0) is 26.5 Å². The van der Waals surface area contributed by atoms with Crippen LogP contribution in [0.5, 0.6) is 0 Å². The Morgan fingerprint density at radius 2 is 2.04 bits per heavy atom. The van der Waals surface area contributed by atoms with Crippen LogP contribution in [0.1, 0.15) is 31.5 Å². The number of nitrogens with zero attached hydrogens (tertiary/aromatic N) is 5. The molecule has 0 unspecified atom stereocenters. The summed E-state index contributed by atoms with van der Waals surface area (Å²) in [5.41, 5.74) is 1.19. The van der Waals surface area contributed by atoms with E-state index in [1.165, 1.54) is 17.3 Å². The van der Waals surface area contributed by atoms with Crippen LogP contribution in [0.15, 0.2) is 41.8 Å². The van der Waals surface area contributed by atoms with E-state index in [2.05, 4.69) is 48.1 Å². The quantitative estimate of drug-likeness (QED) is 0.768. The predicted octanol–water partition coefficient (Wildman–Crippen LogP) is 2.47. The van der Waals surface area contributed by atoms with E-state index in [1.54, 1.807) is 6.33 Å². The lowest BCUT2D eigenvalue weighted by molar-refractivity contribution is -0.133. The maximum atomic E-state index is 12.9. The standard InChI is InChI=1S/C18H25N5OS/c1-14(2)23-13-19-20-18(23)25-12-17(24)22-10-9-21(3)11-16(22)15-7-5-4-6-8-15/h4-8,13-14,16H,9-12H2,1-3H3/t16-/m0/s1. The Kier molecular flexibility index (Phi) is 5.75. The predicted molar refractivity (Wildman–Crippen MR) is 99.5 cm³/mol. The number of thioether (sulfide) groups is 1. The number of amides is 1. The van der Waals surface area contributed by atoms with Gasteiger partial charge >= 0.3 is 0 Å². The molecule has 134 valence electrons. The van der Waals surface area contributed by atoms with Gasteiger partial charge in [0.25, 0.3) is 0 Å². The summed E-state index contributed by atoms with van der Waals surface area (Å²) in [6.07, 6.45) is 1.72. The van der Waals surface area contributed by atoms with Gasteiger partial charge in [0.15, 0.2) is 5.16 Å². The van der Waals surface area contributed by atoms with Gasteiger partial charge in [-0.3, -0.25) is 4.79 Å². The van der Waals surface area contributed by atoms with Crippen molar-refractivity contribution >= 4 is 17.7 Å². The molecule has 1 fully saturated rings. The summed E-state index contributed by atoms with van der Waals surface area (Å²) in [5, 5.41) is 8.91. The summed E-state index contributed by atoms with van der Waals surface area (Å²) in [5.74, 6) is 0.545. The monoisotopic (exact) mass is 359 g/mol. The highest BCUT2D eigenvalue weighted by Gasteiger charge is 2.30. The van der Waals surface area contributed by atoms with E-state index in [-0.39, 0.29) is 18.0 Å². The highest BCUT2D eigenvalue weighted by Crippen LogP contribution is 2.27. The van der Waals surface area contributed by atoms with Crippen LogP contribution in [0.3, 0.4) is 0 Å². The van der Waals surface area contributed by atoms with Gasteiger partial charge in [0.2, 0.25) is 5.91 Å². The van der Waals surface area contributed by atoms with Gasteiger partial charge in [-0.25, -0.2) is 0 Å². The van der Waals surface area contributed by atoms with Crippen LogP contribution in [0, 0.1) is 0 Å². The fraction of sp³-hybridized carbons (Fsp3) is 0.500. The Morgan fingerprint density at radius 1 is 1.28 bits per heavy atom. The summed E-state index contributed by atoms with van der Waals surface area (Å²) in [7, 11) is 2.11. The van der Waals surface area contributed by atoms with Crippen LogP contribution < -0.4 is 0 Å². The first-order valence-corrected chi connectivity index (χ1v) is 9.60. The molecule has 1 aromatic heterocycles. The van der Waals surface area contributed by atoms with E-state index in [1.807, 2.05) is 27.7 Å². The minimum absolute atomic E-state index is 0.107. The SMILES string of the molecule is CC(C)n1cnnc1SCC(=O)N1CCN(C)C[C@H]1c1ccccc1. The molecule has 25 heavy (non-hydrogen) atoms. The van der Waals surface area contributed by atoms with Crippen molar-refractivity contribution in [1.29, 1.82) is 0 Å². The molecule has 7 heteroatoms. The molecule has 0 aliphatic carbocycles. The second-order valence-corrected chi connectivity index (χ2v) is 7.62. The Hall–Kier alpha value is -1.86. The van der Waals surface area contributed by atoms with Gasteiger partial charge in [-0.2, -0.15) is 0 Å². The molecule has 1 aromatic carbocycles. The third-order valence-electron chi connectivity index (χ3n) is 4.51. The van der Waals surface area contributed by atoms with Gasteiger partial charge in [-0.15, -0.1) is 10.2 Å². The number of hydrogen-bond acceptors (Lipinski definition) is 5. The van der Waals surface area contributed by atoms with Crippen LogP contribution in [0.25, 0.3) is 0 Å². The highest BCUT2D eigenvalue weighted by molar-refractivity contribution is 7.99. The fourth-order valence-electron chi connectivity index (χ4n) is 3.08. The third-order valence-corrected chi connectivity index (χ3v) is 5.45. The Balaban J connectivity index is 1.70. The lowest BCUT2D eigenvalue weighted by atomic mass is 10.0. The first-order valence-electron chi connectivity index (χ1n) is 8.61. The fourth-order valence-corrected chi connectivity index (χ4v) is 4.01. The third kappa shape index (κ3) is 4.22. The zero-order valence-electron chi connectivity index (χ0n) is 15.0. The molecular formula is C18H25N5OS. The average molecular weight is 359 g/mol. The highest BCUT2D eigenvalue weighted by atomic mass is 32.2. The Morgan fingerprint density at radius 3 is 2.76 bits per heavy atom. The maximum Gasteiger partial charge on any atom is 0.233 e. The van der Waals surface area contributed by atoms with E-state index in [0.717, 1.165) is 24.8 Å². The molecule has 1 aliphatic heterocycles. The molecule has 0 bridgehead atoms. The zero-order valence-corrected chi connectivity index (χ0v) is 15.8. The molecule has 3 rings (SSSR count). The molecule has 1 amide bonds. The normalized spacial score (nSPS) is 18.7. The van der Waals surface area contributed by atoms with Crippen molar-refractivity contribution in [1.82, 2.24) is 24.6 Å². The van der Waals surface area contributed by atoms with Gasteiger partial charge in [0.05, 0.1) is 11.8 Å².